The van der Waals surface area contributed by atoms with Crippen molar-refractivity contribution in [3.05, 3.63) is 18.2 Å². The fourth-order valence-corrected chi connectivity index (χ4v) is 1.11. The minimum absolute atomic E-state index is 0.257. The summed E-state index contributed by atoms with van der Waals surface area (Å²) in [5.41, 5.74) is 0.919. The number of hydrogen-bond donors (Lipinski definition) is 1. The van der Waals surface area contributed by atoms with Crippen LogP contribution in [-0.2, 0) is 6.54 Å². The second-order valence-corrected chi connectivity index (χ2v) is 2.46. The molecule has 1 aromatic rings. The first-order valence-corrected chi connectivity index (χ1v) is 3.90. The summed E-state index contributed by atoms with van der Waals surface area (Å²) in [6, 6.07) is 1.90. The number of nitriles is 1. The van der Waals surface area contributed by atoms with E-state index < -0.39 is 0 Å². The summed E-state index contributed by atoms with van der Waals surface area (Å²) in [7, 11) is 1.76. The largest absolute Gasteiger partial charge is 0.333 e. The fourth-order valence-electron chi connectivity index (χ4n) is 1.11. The maximum absolute atomic E-state index is 8.76. The Morgan fingerprint density at radius 2 is 2.58 bits per heavy atom. The predicted octanol–water partition coefficient (Wildman–Crippen LogP) is 0.687. The van der Waals surface area contributed by atoms with Crippen LogP contribution in [-0.4, -0.2) is 16.6 Å². The smallest absolute Gasteiger partial charge is 0.137 e. The minimum atomic E-state index is -0.257. The Balaban J connectivity index is 2.93. The van der Waals surface area contributed by atoms with Crippen molar-refractivity contribution < 1.29 is 0 Å². The van der Waals surface area contributed by atoms with E-state index in [2.05, 4.69) is 16.4 Å². The average Bonchev–Trinajstić information content (AvgIpc) is 2.55. The van der Waals surface area contributed by atoms with Gasteiger partial charge in [0.15, 0.2) is 0 Å². The highest BCUT2D eigenvalue weighted by Crippen LogP contribution is 2.10. The molecule has 0 fully saturated rings. The quantitative estimate of drug-likeness (QED) is 0.715. The third kappa shape index (κ3) is 1.46. The molecule has 12 heavy (non-hydrogen) atoms. The second kappa shape index (κ2) is 3.88. The highest BCUT2D eigenvalue weighted by Gasteiger charge is 2.11. The van der Waals surface area contributed by atoms with Crippen LogP contribution < -0.4 is 5.32 Å². The third-order valence-electron chi connectivity index (χ3n) is 1.80. The third-order valence-corrected chi connectivity index (χ3v) is 1.80. The van der Waals surface area contributed by atoms with Gasteiger partial charge in [-0.3, -0.25) is 0 Å². The number of nitrogens with one attached hydrogen (secondary N) is 1. The molecule has 0 aliphatic rings. The van der Waals surface area contributed by atoms with Crippen LogP contribution in [0, 0.1) is 11.3 Å². The summed E-state index contributed by atoms with van der Waals surface area (Å²) in [5.74, 6) is 0. The molecule has 0 amide bonds. The molecule has 0 radical (unpaired) electrons. The lowest BCUT2D eigenvalue weighted by molar-refractivity contribution is 0.630. The van der Waals surface area contributed by atoms with Gasteiger partial charge in [0.05, 0.1) is 24.3 Å². The SMILES string of the molecule is CCn1cncc1C(C#N)NC. The summed E-state index contributed by atoms with van der Waals surface area (Å²) >= 11 is 0. The minimum Gasteiger partial charge on any atom is -0.333 e. The lowest BCUT2D eigenvalue weighted by Crippen LogP contribution is -2.17. The Bertz CT molecular complexity index is 283. The van der Waals surface area contributed by atoms with E-state index in [4.69, 9.17) is 5.26 Å². The van der Waals surface area contributed by atoms with Crippen molar-refractivity contribution in [2.45, 2.75) is 19.5 Å². The number of aryl methyl sites for hydroxylation is 1. The standard InChI is InChI=1S/C8H12N4/c1-3-12-6-11-5-8(12)7(4-9)10-2/h5-7,10H,3H2,1-2H3. The molecule has 0 bridgehead atoms. The van der Waals surface area contributed by atoms with Crippen molar-refractivity contribution in [2.24, 2.45) is 0 Å². The van der Waals surface area contributed by atoms with Gasteiger partial charge in [-0.05, 0) is 14.0 Å². The number of hydrogen-bond acceptors (Lipinski definition) is 3. The summed E-state index contributed by atoms with van der Waals surface area (Å²) in [5, 5.41) is 11.7. The molecule has 1 rings (SSSR count). The first kappa shape index (κ1) is 8.75. The molecule has 0 saturated heterocycles. The monoisotopic (exact) mass is 164 g/mol. The predicted molar refractivity (Wildman–Crippen MR) is 45.3 cm³/mol. The highest BCUT2D eigenvalue weighted by atomic mass is 15.1. The molecule has 1 heterocycles. The molecule has 1 aromatic heterocycles. The molecule has 0 aliphatic carbocycles. The molecule has 0 saturated carbocycles. The summed E-state index contributed by atoms with van der Waals surface area (Å²) in [6.45, 7) is 2.87. The summed E-state index contributed by atoms with van der Waals surface area (Å²) in [6.07, 6.45) is 3.45. The maximum Gasteiger partial charge on any atom is 0.137 e. The van der Waals surface area contributed by atoms with E-state index in [1.807, 2.05) is 11.5 Å². The molecular formula is C8H12N4. The van der Waals surface area contributed by atoms with Crippen molar-refractivity contribution >= 4 is 0 Å². The Morgan fingerprint density at radius 3 is 3.08 bits per heavy atom. The molecule has 1 N–H and O–H groups in total. The van der Waals surface area contributed by atoms with E-state index in [1.54, 1.807) is 19.6 Å². The first-order valence-electron chi connectivity index (χ1n) is 3.90. The molecule has 4 heteroatoms. The fraction of sp³-hybridized carbons (Fsp3) is 0.500. The molecule has 0 aliphatic heterocycles. The zero-order valence-electron chi connectivity index (χ0n) is 7.28. The van der Waals surface area contributed by atoms with Crippen molar-refractivity contribution in [2.75, 3.05) is 7.05 Å². The van der Waals surface area contributed by atoms with Gasteiger partial charge in [-0.25, -0.2) is 4.98 Å². The van der Waals surface area contributed by atoms with Gasteiger partial charge in [0.1, 0.15) is 6.04 Å². The van der Waals surface area contributed by atoms with E-state index in [0.29, 0.717) is 0 Å². The van der Waals surface area contributed by atoms with Gasteiger partial charge in [-0.2, -0.15) is 5.26 Å². The van der Waals surface area contributed by atoms with Crippen LogP contribution >= 0.6 is 0 Å². The molecule has 0 spiro atoms. The van der Waals surface area contributed by atoms with E-state index in [1.165, 1.54) is 0 Å². The number of aromatic nitrogens is 2. The van der Waals surface area contributed by atoms with Crippen molar-refractivity contribution in [1.82, 2.24) is 14.9 Å². The van der Waals surface area contributed by atoms with Gasteiger partial charge in [0.2, 0.25) is 0 Å². The van der Waals surface area contributed by atoms with Gasteiger partial charge in [0, 0.05) is 6.54 Å². The number of imidazole rings is 1. The average molecular weight is 164 g/mol. The van der Waals surface area contributed by atoms with Crippen LogP contribution in [0.2, 0.25) is 0 Å². The molecule has 64 valence electrons. The molecule has 1 unspecified atom stereocenters. The topological polar surface area (TPSA) is 53.6 Å². The molecule has 1 atom stereocenters. The van der Waals surface area contributed by atoms with E-state index in [0.717, 1.165) is 12.2 Å². The van der Waals surface area contributed by atoms with Gasteiger partial charge < -0.3 is 9.88 Å². The summed E-state index contributed by atoms with van der Waals surface area (Å²) < 4.78 is 1.95. The van der Waals surface area contributed by atoms with Crippen LogP contribution in [0.15, 0.2) is 12.5 Å². The second-order valence-electron chi connectivity index (χ2n) is 2.46. The van der Waals surface area contributed by atoms with Crippen LogP contribution in [0.1, 0.15) is 18.7 Å². The van der Waals surface area contributed by atoms with Crippen molar-refractivity contribution in [3.8, 4) is 6.07 Å². The van der Waals surface area contributed by atoms with Crippen LogP contribution in [0.3, 0.4) is 0 Å². The lowest BCUT2D eigenvalue weighted by atomic mass is 10.2. The number of rotatable bonds is 3. The Hall–Kier alpha value is -1.34. The van der Waals surface area contributed by atoms with E-state index in [-0.39, 0.29) is 6.04 Å². The molecule has 0 aromatic carbocycles. The zero-order chi connectivity index (χ0) is 8.97. The zero-order valence-corrected chi connectivity index (χ0v) is 7.28. The van der Waals surface area contributed by atoms with Crippen molar-refractivity contribution in [1.29, 1.82) is 5.26 Å². The van der Waals surface area contributed by atoms with Gasteiger partial charge >= 0.3 is 0 Å². The first-order chi connectivity index (χ1) is 5.83. The highest BCUT2D eigenvalue weighted by molar-refractivity contribution is 5.13. The molecule has 4 nitrogen and oxygen atoms in total. The Labute approximate surface area is 71.8 Å². The van der Waals surface area contributed by atoms with Gasteiger partial charge in [-0.15, -0.1) is 0 Å². The molecular weight excluding hydrogens is 152 g/mol. The Kier molecular flexibility index (Phi) is 2.83. The van der Waals surface area contributed by atoms with E-state index in [9.17, 15) is 0 Å². The lowest BCUT2D eigenvalue weighted by Gasteiger charge is -2.09. The van der Waals surface area contributed by atoms with Gasteiger partial charge in [-0.1, -0.05) is 0 Å². The normalized spacial score (nSPS) is 12.4. The maximum atomic E-state index is 8.76. The Morgan fingerprint density at radius 1 is 1.83 bits per heavy atom. The van der Waals surface area contributed by atoms with Crippen molar-refractivity contribution in [3.63, 3.8) is 0 Å². The van der Waals surface area contributed by atoms with E-state index >= 15 is 0 Å². The van der Waals surface area contributed by atoms with Crippen LogP contribution in [0.25, 0.3) is 0 Å². The van der Waals surface area contributed by atoms with Gasteiger partial charge in [0.25, 0.3) is 0 Å². The number of nitrogens with zero attached hydrogens (tertiary/aromatic N) is 3. The summed E-state index contributed by atoms with van der Waals surface area (Å²) in [4.78, 5) is 3.98. The van der Waals surface area contributed by atoms with Crippen LogP contribution in [0.4, 0.5) is 0 Å². The van der Waals surface area contributed by atoms with Crippen LogP contribution in [0.5, 0.6) is 0 Å².